The van der Waals surface area contributed by atoms with Gasteiger partial charge < -0.3 is 10.1 Å². The summed E-state index contributed by atoms with van der Waals surface area (Å²) in [5.41, 5.74) is 8.64. The molecule has 0 fully saturated rings. The fourth-order valence-electron chi connectivity index (χ4n) is 1.43. The first-order valence-electron chi connectivity index (χ1n) is 4.05. The Morgan fingerprint density at radius 1 is 1.62 bits per heavy atom. The molecule has 13 heavy (non-hydrogen) atoms. The molecular weight excluding hydrogens is 230 g/mol. The van der Waals surface area contributed by atoms with Crippen LogP contribution < -0.4 is 5.73 Å². The zero-order chi connectivity index (χ0) is 9.42. The van der Waals surface area contributed by atoms with Crippen LogP contribution in [0.15, 0.2) is 22.8 Å². The molecule has 0 saturated carbocycles. The van der Waals surface area contributed by atoms with Crippen molar-refractivity contribution in [2.45, 2.75) is 13.5 Å². The molecule has 0 spiro atoms. The maximum Gasteiger partial charge on any atom is 0.138 e. The predicted molar refractivity (Wildman–Crippen MR) is 55.5 cm³/mol. The molecule has 0 atom stereocenters. The Balaban J connectivity index is 2.79. The molecule has 0 bridgehead atoms. The summed E-state index contributed by atoms with van der Waals surface area (Å²) in [6.07, 6.45) is 1.97. The summed E-state index contributed by atoms with van der Waals surface area (Å²) >= 11 is 3.40. The lowest BCUT2D eigenvalue weighted by Crippen LogP contribution is -2.02. The quantitative estimate of drug-likeness (QED) is 0.826. The number of pyridine rings is 1. The van der Waals surface area contributed by atoms with Gasteiger partial charge >= 0.3 is 0 Å². The van der Waals surface area contributed by atoms with Gasteiger partial charge in [-0.25, -0.2) is 4.98 Å². The minimum absolute atomic E-state index is 0.522. The van der Waals surface area contributed by atoms with E-state index in [1.54, 1.807) is 0 Å². The average molecular weight is 240 g/mol. The number of hydrogen-bond acceptors (Lipinski definition) is 2. The van der Waals surface area contributed by atoms with Gasteiger partial charge in [0.25, 0.3) is 0 Å². The number of hydrogen-bond donors (Lipinski definition) is 1. The van der Waals surface area contributed by atoms with Gasteiger partial charge in [0.1, 0.15) is 5.65 Å². The van der Waals surface area contributed by atoms with Crippen LogP contribution >= 0.6 is 15.9 Å². The van der Waals surface area contributed by atoms with Crippen molar-refractivity contribution in [3.05, 3.63) is 34.2 Å². The Bertz CT molecular complexity index is 447. The summed E-state index contributed by atoms with van der Waals surface area (Å²) in [6.45, 7) is 2.50. The molecule has 68 valence electrons. The molecule has 2 heterocycles. The summed E-state index contributed by atoms with van der Waals surface area (Å²) in [5.74, 6) is 0. The molecule has 2 aromatic heterocycles. The molecule has 0 aliphatic heterocycles. The van der Waals surface area contributed by atoms with Crippen molar-refractivity contribution >= 4 is 21.6 Å². The molecule has 2 rings (SSSR count). The zero-order valence-electron chi connectivity index (χ0n) is 7.29. The van der Waals surface area contributed by atoms with Crippen LogP contribution in [0.2, 0.25) is 0 Å². The molecule has 2 aromatic rings. The van der Waals surface area contributed by atoms with Crippen molar-refractivity contribution in [2.75, 3.05) is 0 Å². The Kier molecular flexibility index (Phi) is 2.09. The highest BCUT2D eigenvalue weighted by Crippen LogP contribution is 2.16. The van der Waals surface area contributed by atoms with E-state index in [0.29, 0.717) is 6.54 Å². The first-order chi connectivity index (χ1) is 6.22. The smallest absolute Gasteiger partial charge is 0.138 e. The number of fused-ring (bicyclic) bond motifs is 1. The van der Waals surface area contributed by atoms with E-state index in [-0.39, 0.29) is 0 Å². The van der Waals surface area contributed by atoms with Gasteiger partial charge in [-0.15, -0.1) is 0 Å². The second kappa shape index (κ2) is 3.12. The number of aromatic nitrogens is 2. The van der Waals surface area contributed by atoms with E-state index in [4.69, 9.17) is 5.73 Å². The summed E-state index contributed by atoms with van der Waals surface area (Å²) in [6, 6.07) is 3.96. The summed E-state index contributed by atoms with van der Waals surface area (Å²) in [4.78, 5) is 4.40. The van der Waals surface area contributed by atoms with Gasteiger partial charge in [0.15, 0.2) is 0 Å². The van der Waals surface area contributed by atoms with Gasteiger partial charge in [0.2, 0.25) is 0 Å². The van der Waals surface area contributed by atoms with Crippen LogP contribution in [0.1, 0.15) is 11.4 Å². The van der Waals surface area contributed by atoms with Crippen LogP contribution in [-0.2, 0) is 6.54 Å². The number of nitrogens with two attached hydrogens (primary N) is 1. The second-order valence-corrected chi connectivity index (χ2v) is 3.84. The van der Waals surface area contributed by atoms with E-state index in [1.165, 1.54) is 0 Å². The lowest BCUT2D eigenvalue weighted by Gasteiger charge is -1.98. The summed E-state index contributed by atoms with van der Waals surface area (Å²) < 4.78 is 3.05. The molecule has 0 saturated heterocycles. The second-order valence-electron chi connectivity index (χ2n) is 2.92. The standard InChI is InChI=1S/C9H10BrN3/c1-6-8(5-11)13-3-2-7(10)4-9(13)12-6/h2-4H,5,11H2,1H3. The summed E-state index contributed by atoms with van der Waals surface area (Å²) in [5, 5.41) is 0. The van der Waals surface area contributed by atoms with Crippen LogP contribution in [0.25, 0.3) is 5.65 Å². The normalized spacial score (nSPS) is 11.0. The maximum absolute atomic E-state index is 5.63. The zero-order valence-corrected chi connectivity index (χ0v) is 8.87. The largest absolute Gasteiger partial charge is 0.325 e. The summed E-state index contributed by atoms with van der Waals surface area (Å²) in [7, 11) is 0. The third kappa shape index (κ3) is 1.36. The van der Waals surface area contributed by atoms with Gasteiger partial charge in [-0.1, -0.05) is 15.9 Å². The minimum Gasteiger partial charge on any atom is -0.325 e. The van der Waals surface area contributed by atoms with Crippen molar-refractivity contribution in [1.29, 1.82) is 0 Å². The Morgan fingerprint density at radius 3 is 3.08 bits per heavy atom. The SMILES string of the molecule is Cc1nc2cc(Br)ccn2c1CN. The number of rotatable bonds is 1. The van der Waals surface area contributed by atoms with Crippen molar-refractivity contribution in [3.8, 4) is 0 Å². The molecule has 4 heteroatoms. The molecule has 0 amide bonds. The van der Waals surface area contributed by atoms with Gasteiger partial charge in [-0.05, 0) is 19.1 Å². The van der Waals surface area contributed by atoms with Crippen molar-refractivity contribution < 1.29 is 0 Å². The third-order valence-corrected chi connectivity index (χ3v) is 2.57. The molecule has 0 radical (unpaired) electrons. The van der Waals surface area contributed by atoms with E-state index in [2.05, 4.69) is 20.9 Å². The lowest BCUT2D eigenvalue weighted by atomic mass is 10.3. The van der Waals surface area contributed by atoms with Gasteiger partial charge in [0.05, 0.1) is 11.4 Å². The third-order valence-electron chi connectivity index (χ3n) is 2.08. The van der Waals surface area contributed by atoms with Crippen LogP contribution in [-0.4, -0.2) is 9.38 Å². The van der Waals surface area contributed by atoms with Crippen molar-refractivity contribution in [3.63, 3.8) is 0 Å². The van der Waals surface area contributed by atoms with Gasteiger partial charge in [-0.2, -0.15) is 0 Å². The van der Waals surface area contributed by atoms with E-state index in [0.717, 1.165) is 21.5 Å². The van der Waals surface area contributed by atoms with Crippen LogP contribution in [0.3, 0.4) is 0 Å². The fraction of sp³-hybridized carbons (Fsp3) is 0.222. The van der Waals surface area contributed by atoms with Gasteiger partial charge in [0, 0.05) is 17.2 Å². The highest BCUT2D eigenvalue weighted by molar-refractivity contribution is 9.10. The van der Waals surface area contributed by atoms with Crippen LogP contribution in [0.4, 0.5) is 0 Å². The van der Waals surface area contributed by atoms with E-state index >= 15 is 0 Å². The fourth-order valence-corrected chi connectivity index (χ4v) is 1.76. The number of nitrogens with zero attached hydrogens (tertiary/aromatic N) is 2. The lowest BCUT2D eigenvalue weighted by molar-refractivity contribution is 0.943. The topological polar surface area (TPSA) is 43.3 Å². The maximum atomic E-state index is 5.63. The highest BCUT2D eigenvalue weighted by Gasteiger charge is 2.05. The molecule has 0 unspecified atom stereocenters. The predicted octanol–water partition coefficient (Wildman–Crippen LogP) is 1.86. The minimum atomic E-state index is 0.522. The average Bonchev–Trinajstić information content (AvgIpc) is 2.39. The Hall–Kier alpha value is -0.870. The Labute approximate surface area is 84.7 Å². The number of imidazole rings is 1. The molecule has 0 aliphatic rings. The molecular formula is C9H10BrN3. The van der Waals surface area contributed by atoms with E-state index in [9.17, 15) is 0 Å². The van der Waals surface area contributed by atoms with E-state index in [1.807, 2.05) is 29.7 Å². The molecule has 3 nitrogen and oxygen atoms in total. The van der Waals surface area contributed by atoms with Crippen molar-refractivity contribution in [1.82, 2.24) is 9.38 Å². The molecule has 0 aliphatic carbocycles. The Morgan fingerprint density at radius 2 is 2.38 bits per heavy atom. The highest BCUT2D eigenvalue weighted by atomic mass is 79.9. The first kappa shape index (κ1) is 8.72. The van der Waals surface area contributed by atoms with E-state index < -0.39 is 0 Å². The van der Waals surface area contributed by atoms with Crippen LogP contribution in [0, 0.1) is 6.92 Å². The van der Waals surface area contributed by atoms with Crippen molar-refractivity contribution in [2.24, 2.45) is 5.73 Å². The van der Waals surface area contributed by atoms with Gasteiger partial charge in [-0.3, -0.25) is 0 Å². The number of aryl methyl sites for hydroxylation is 1. The monoisotopic (exact) mass is 239 g/mol. The molecule has 2 N–H and O–H groups in total. The van der Waals surface area contributed by atoms with Crippen LogP contribution in [0.5, 0.6) is 0 Å². The molecule has 0 aromatic carbocycles. The first-order valence-corrected chi connectivity index (χ1v) is 4.85. The number of halogens is 1.